The average molecular weight is 500 g/mol. The van der Waals surface area contributed by atoms with Crippen molar-refractivity contribution in [2.24, 2.45) is 0 Å². The van der Waals surface area contributed by atoms with E-state index in [2.05, 4.69) is 42.7 Å². The van der Waals surface area contributed by atoms with Crippen LogP contribution in [0.1, 0.15) is 16.7 Å². The second kappa shape index (κ2) is 9.75. The molecule has 8 heteroatoms. The molecule has 27 heavy (non-hydrogen) atoms. The molecule has 2 aromatic rings. The number of nitrogens with one attached hydrogen (secondary N) is 2. The summed E-state index contributed by atoms with van der Waals surface area (Å²) in [4.78, 5) is 23.7. The number of rotatable bonds is 6. The van der Waals surface area contributed by atoms with Crippen molar-refractivity contribution in [1.29, 1.82) is 0 Å². The van der Waals surface area contributed by atoms with Gasteiger partial charge in [-0.1, -0.05) is 33.6 Å². The molecule has 0 bridgehead atoms. The second-order valence-corrected chi connectivity index (χ2v) is 7.75. The zero-order valence-corrected chi connectivity index (χ0v) is 18.4. The summed E-state index contributed by atoms with van der Waals surface area (Å²) in [7, 11) is 0. The number of ether oxygens (including phenoxy) is 2. The smallest absolute Gasteiger partial charge is 0.276 e. The van der Waals surface area contributed by atoms with E-state index in [0.29, 0.717) is 11.5 Å². The number of amides is 2. The van der Waals surface area contributed by atoms with Crippen LogP contribution in [0.5, 0.6) is 11.5 Å². The molecule has 2 aromatic carbocycles. The first-order valence-electron chi connectivity index (χ1n) is 8.12. The highest BCUT2D eigenvalue weighted by atomic mass is 79.9. The maximum absolute atomic E-state index is 11.9. The Hall–Kier alpha value is -2.06. The van der Waals surface area contributed by atoms with Crippen LogP contribution in [0.25, 0.3) is 0 Å². The zero-order valence-electron chi connectivity index (χ0n) is 15.2. The highest BCUT2D eigenvalue weighted by Crippen LogP contribution is 2.32. The van der Waals surface area contributed by atoms with Gasteiger partial charge in [0.1, 0.15) is 11.5 Å². The van der Waals surface area contributed by atoms with Crippen molar-refractivity contribution >= 4 is 43.7 Å². The number of benzene rings is 2. The van der Waals surface area contributed by atoms with Crippen molar-refractivity contribution in [2.45, 2.75) is 20.8 Å². The standard InChI is InChI=1S/C19H20Br2N2O4/c1-11-4-5-16(12(2)6-11)26-9-17(24)22-23-18(25)10-27-19-13(3)7-14(20)8-15(19)21/h4-8H,9-10H2,1-3H3,(H,22,24)(H,23,25). The van der Waals surface area contributed by atoms with Gasteiger partial charge >= 0.3 is 0 Å². The van der Waals surface area contributed by atoms with E-state index < -0.39 is 11.8 Å². The summed E-state index contributed by atoms with van der Waals surface area (Å²) in [5.41, 5.74) is 7.52. The van der Waals surface area contributed by atoms with Gasteiger partial charge in [-0.25, -0.2) is 0 Å². The lowest BCUT2D eigenvalue weighted by Crippen LogP contribution is -2.45. The Morgan fingerprint density at radius 2 is 1.52 bits per heavy atom. The van der Waals surface area contributed by atoms with Crippen molar-refractivity contribution in [3.63, 3.8) is 0 Å². The molecule has 0 fully saturated rings. The lowest BCUT2D eigenvalue weighted by Gasteiger charge is -2.13. The van der Waals surface area contributed by atoms with Gasteiger partial charge in [0, 0.05) is 4.47 Å². The predicted molar refractivity (Wildman–Crippen MR) is 110 cm³/mol. The molecule has 0 saturated carbocycles. The van der Waals surface area contributed by atoms with Gasteiger partial charge in [-0.15, -0.1) is 0 Å². The first-order chi connectivity index (χ1) is 12.8. The normalized spacial score (nSPS) is 10.3. The number of hydrazine groups is 1. The lowest BCUT2D eigenvalue weighted by atomic mass is 10.1. The third-order valence-corrected chi connectivity index (χ3v) is 4.62. The van der Waals surface area contributed by atoms with Crippen LogP contribution in [0.15, 0.2) is 39.3 Å². The zero-order chi connectivity index (χ0) is 20.0. The summed E-state index contributed by atoms with van der Waals surface area (Å²) < 4.78 is 12.6. The van der Waals surface area contributed by atoms with E-state index in [-0.39, 0.29) is 13.2 Å². The van der Waals surface area contributed by atoms with E-state index in [0.717, 1.165) is 25.6 Å². The molecular weight excluding hydrogens is 480 g/mol. The number of hydrogen-bond acceptors (Lipinski definition) is 4. The van der Waals surface area contributed by atoms with E-state index >= 15 is 0 Å². The molecule has 0 atom stereocenters. The molecule has 0 radical (unpaired) electrons. The van der Waals surface area contributed by atoms with Crippen LogP contribution >= 0.6 is 31.9 Å². The number of aryl methyl sites for hydroxylation is 3. The number of halogens is 2. The van der Waals surface area contributed by atoms with Crippen LogP contribution in [-0.2, 0) is 9.59 Å². The molecule has 0 aliphatic heterocycles. The van der Waals surface area contributed by atoms with Crippen molar-refractivity contribution in [2.75, 3.05) is 13.2 Å². The summed E-state index contributed by atoms with van der Waals surface area (Å²) in [5.74, 6) is 0.243. The van der Waals surface area contributed by atoms with Crippen molar-refractivity contribution < 1.29 is 19.1 Å². The molecule has 144 valence electrons. The highest BCUT2D eigenvalue weighted by Gasteiger charge is 2.11. The molecule has 0 heterocycles. The Morgan fingerprint density at radius 1 is 0.889 bits per heavy atom. The monoisotopic (exact) mass is 498 g/mol. The van der Waals surface area contributed by atoms with Crippen LogP contribution < -0.4 is 20.3 Å². The Morgan fingerprint density at radius 3 is 2.11 bits per heavy atom. The third-order valence-electron chi connectivity index (χ3n) is 3.57. The van der Waals surface area contributed by atoms with E-state index in [1.165, 1.54) is 0 Å². The predicted octanol–water partition coefficient (Wildman–Crippen LogP) is 3.74. The molecule has 2 rings (SSSR count). The molecule has 0 spiro atoms. The summed E-state index contributed by atoms with van der Waals surface area (Å²) in [6, 6.07) is 9.38. The minimum absolute atomic E-state index is 0.206. The largest absolute Gasteiger partial charge is 0.483 e. The minimum atomic E-state index is -0.482. The summed E-state index contributed by atoms with van der Waals surface area (Å²) in [6.45, 7) is 5.31. The molecule has 2 N–H and O–H groups in total. The first-order valence-corrected chi connectivity index (χ1v) is 9.71. The van der Waals surface area contributed by atoms with Crippen LogP contribution in [0.3, 0.4) is 0 Å². The van der Waals surface area contributed by atoms with Crippen molar-refractivity contribution in [3.05, 3.63) is 56.0 Å². The molecular formula is C19H20Br2N2O4. The second-order valence-electron chi connectivity index (χ2n) is 5.98. The van der Waals surface area contributed by atoms with E-state index in [9.17, 15) is 9.59 Å². The van der Waals surface area contributed by atoms with Gasteiger partial charge in [0.25, 0.3) is 11.8 Å². The summed E-state index contributed by atoms with van der Waals surface area (Å²) in [5, 5.41) is 0. The van der Waals surface area contributed by atoms with Gasteiger partial charge in [-0.05, 0) is 66.0 Å². The number of hydrogen-bond donors (Lipinski definition) is 2. The Labute approximate surface area is 174 Å². The van der Waals surface area contributed by atoms with Gasteiger partial charge in [0.2, 0.25) is 0 Å². The molecule has 0 saturated heterocycles. The van der Waals surface area contributed by atoms with E-state index in [1.807, 2.05) is 51.1 Å². The molecule has 2 amide bonds. The van der Waals surface area contributed by atoms with Gasteiger partial charge in [-0.2, -0.15) is 0 Å². The van der Waals surface area contributed by atoms with Crippen molar-refractivity contribution in [3.8, 4) is 11.5 Å². The van der Waals surface area contributed by atoms with E-state index in [4.69, 9.17) is 9.47 Å². The van der Waals surface area contributed by atoms with E-state index in [1.54, 1.807) is 0 Å². The number of carbonyl (C=O) groups is 2. The topological polar surface area (TPSA) is 76.7 Å². The van der Waals surface area contributed by atoms with Crippen molar-refractivity contribution in [1.82, 2.24) is 10.9 Å². The summed E-state index contributed by atoms with van der Waals surface area (Å²) in [6.07, 6.45) is 0. The van der Waals surface area contributed by atoms with Crippen LogP contribution in [-0.4, -0.2) is 25.0 Å². The maximum Gasteiger partial charge on any atom is 0.276 e. The van der Waals surface area contributed by atoms with Crippen LogP contribution in [0.2, 0.25) is 0 Å². The molecule has 0 aliphatic rings. The molecule has 0 aromatic heterocycles. The van der Waals surface area contributed by atoms with Gasteiger partial charge in [0.05, 0.1) is 4.47 Å². The molecule has 0 aliphatic carbocycles. The van der Waals surface area contributed by atoms with Gasteiger partial charge < -0.3 is 9.47 Å². The lowest BCUT2D eigenvalue weighted by molar-refractivity contribution is -0.131. The Balaban J connectivity index is 1.76. The van der Waals surface area contributed by atoms with Gasteiger partial charge in [0.15, 0.2) is 13.2 Å². The fourth-order valence-electron chi connectivity index (χ4n) is 2.33. The SMILES string of the molecule is Cc1ccc(OCC(=O)NNC(=O)COc2c(C)cc(Br)cc2Br)c(C)c1. The van der Waals surface area contributed by atoms with Crippen LogP contribution in [0.4, 0.5) is 0 Å². The number of carbonyl (C=O) groups excluding carboxylic acids is 2. The fourth-order valence-corrected chi connectivity index (χ4v) is 3.88. The average Bonchev–Trinajstić information content (AvgIpc) is 2.58. The maximum atomic E-state index is 11.9. The van der Waals surface area contributed by atoms with Crippen LogP contribution in [0, 0.1) is 20.8 Å². The molecule has 0 unspecified atom stereocenters. The minimum Gasteiger partial charge on any atom is -0.483 e. The van der Waals surface area contributed by atoms with Gasteiger partial charge in [-0.3, -0.25) is 20.4 Å². The fraction of sp³-hybridized carbons (Fsp3) is 0.263. The molecule has 6 nitrogen and oxygen atoms in total. The Kier molecular flexibility index (Phi) is 7.67. The quantitative estimate of drug-likeness (QED) is 0.593. The highest BCUT2D eigenvalue weighted by molar-refractivity contribution is 9.11. The third kappa shape index (κ3) is 6.55. The first kappa shape index (κ1) is 21.2. The Bertz CT molecular complexity index is 833. The summed E-state index contributed by atoms with van der Waals surface area (Å²) >= 11 is 6.77.